The lowest BCUT2D eigenvalue weighted by Gasteiger charge is -2.30. The van der Waals surface area contributed by atoms with E-state index in [2.05, 4.69) is 10.6 Å². The van der Waals surface area contributed by atoms with E-state index >= 15 is 0 Å². The van der Waals surface area contributed by atoms with Crippen LogP contribution in [0.15, 0.2) is 24.3 Å². The maximum Gasteiger partial charge on any atom is 0.348 e. The molecule has 2 fully saturated rings. The summed E-state index contributed by atoms with van der Waals surface area (Å²) in [6, 6.07) is 6.71. The average Bonchev–Trinajstić information content (AvgIpc) is 3.26. The summed E-state index contributed by atoms with van der Waals surface area (Å²) < 4.78 is 5.94. The second kappa shape index (κ2) is 8.66. The van der Waals surface area contributed by atoms with E-state index in [-0.39, 0.29) is 30.7 Å². The monoisotopic (exact) mass is 443 g/mol. The van der Waals surface area contributed by atoms with E-state index < -0.39 is 11.6 Å². The van der Waals surface area contributed by atoms with Crippen molar-refractivity contribution in [2.45, 2.75) is 51.0 Å². The Morgan fingerprint density at radius 3 is 2.71 bits per heavy atom. The van der Waals surface area contributed by atoms with Crippen LogP contribution in [0.25, 0.3) is 10.1 Å². The SMILES string of the molecule is CCOC(=O)c1cc2cc(NC(=O)CCN3C(=O)NC4(CCCCC4)C3=O)ccc2s1. The highest BCUT2D eigenvalue weighted by atomic mass is 32.1. The van der Waals surface area contributed by atoms with Gasteiger partial charge in [-0.15, -0.1) is 11.3 Å². The van der Waals surface area contributed by atoms with Gasteiger partial charge in [0.2, 0.25) is 5.91 Å². The first-order valence-corrected chi connectivity index (χ1v) is 11.4. The summed E-state index contributed by atoms with van der Waals surface area (Å²) in [6.07, 6.45) is 4.25. The lowest BCUT2D eigenvalue weighted by molar-refractivity contribution is -0.132. The first-order valence-electron chi connectivity index (χ1n) is 10.6. The van der Waals surface area contributed by atoms with Crippen LogP contribution in [0.5, 0.6) is 0 Å². The third-order valence-electron chi connectivity index (χ3n) is 5.79. The number of benzene rings is 1. The number of thiophene rings is 1. The Morgan fingerprint density at radius 1 is 1.19 bits per heavy atom. The lowest BCUT2D eigenvalue weighted by atomic mass is 9.82. The van der Waals surface area contributed by atoms with Crippen LogP contribution in [0.3, 0.4) is 0 Å². The van der Waals surface area contributed by atoms with Crippen molar-refractivity contribution in [3.8, 4) is 0 Å². The number of hydrogen-bond donors (Lipinski definition) is 2. The van der Waals surface area contributed by atoms with Gasteiger partial charge in [0.1, 0.15) is 10.4 Å². The van der Waals surface area contributed by atoms with E-state index in [4.69, 9.17) is 4.74 Å². The normalized spacial score (nSPS) is 17.8. The van der Waals surface area contributed by atoms with Crippen molar-refractivity contribution in [3.05, 3.63) is 29.1 Å². The molecule has 8 nitrogen and oxygen atoms in total. The van der Waals surface area contributed by atoms with Gasteiger partial charge in [-0.25, -0.2) is 9.59 Å². The molecule has 164 valence electrons. The number of nitrogens with zero attached hydrogens (tertiary/aromatic N) is 1. The summed E-state index contributed by atoms with van der Waals surface area (Å²) in [5.74, 6) is -0.861. The molecular weight excluding hydrogens is 418 g/mol. The summed E-state index contributed by atoms with van der Waals surface area (Å²) in [5.41, 5.74) is -0.182. The van der Waals surface area contributed by atoms with Gasteiger partial charge in [0, 0.05) is 23.4 Å². The minimum Gasteiger partial charge on any atom is -0.462 e. The van der Waals surface area contributed by atoms with Crippen LogP contribution < -0.4 is 10.6 Å². The zero-order valence-corrected chi connectivity index (χ0v) is 18.2. The van der Waals surface area contributed by atoms with Crippen LogP contribution in [0.2, 0.25) is 0 Å². The molecule has 4 rings (SSSR count). The number of carbonyl (C=O) groups excluding carboxylic acids is 4. The highest BCUT2D eigenvalue weighted by Crippen LogP contribution is 2.34. The Labute approximate surface area is 183 Å². The largest absolute Gasteiger partial charge is 0.462 e. The number of nitrogens with one attached hydrogen (secondary N) is 2. The number of ether oxygens (including phenoxy) is 1. The van der Waals surface area contributed by atoms with Crippen molar-refractivity contribution >= 4 is 50.9 Å². The first-order chi connectivity index (χ1) is 14.9. The molecule has 0 bridgehead atoms. The molecule has 1 saturated carbocycles. The minimum atomic E-state index is -0.771. The molecule has 1 aliphatic carbocycles. The zero-order chi connectivity index (χ0) is 22.0. The number of urea groups is 1. The van der Waals surface area contributed by atoms with Gasteiger partial charge in [-0.3, -0.25) is 14.5 Å². The molecule has 1 saturated heterocycles. The van der Waals surface area contributed by atoms with Crippen molar-refractivity contribution in [2.75, 3.05) is 18.5 Å². The van der Waals surface area contributed by atoms with Crippen LogP contribution in [0.1, 0.15) is 55.1 Å². The number of rotatable bonds is 6. The topological polar surface area (TPSA) is 105 Å². The fourth-order valence-corrected chi connectivity index (χ4v) is 5.17. The quantitative estimate of drug-likeness (QED) is 0.524. The summed E-state index contributed by atoms with van der Waals surface area (Å²) in [4.78, 5) is 51.1. The van der Waals surface area contributed by atoms with Crippen LogP contribution in [-0.4, -0.2) is 47.4 Å². The van der Waals surface area contributed by atoms with Gasteiger partial charge in [-0.2, -0.15) is 0 Å². The molecule has 31 heavy (non-hydrogen) atoms. The number of esters is 1. The molecule has 1 aromatic carbocycles. The van der Waals surface area contributed by atoms with Crippen molar-refractivity contribution in [3.63, 3.8) is 0 Å². The van der Waals surface area contributed by atoms with E-state index in [0.717, 1.165) is 29.3 Å². The predicted molar refractivity (Wildman–Crippen MR) is 117 cm³/mol. The predicted octanol–water partition coefficient (Wildman–Crippen LogP) is 3.66. The third-order valence-corrected chi connectivity index (χ3v) is 6.89. The molecule has 2 heterocycles. The molecule has 0 atom stereocenters. The summed E-state index contributed by atoms with van der Waals surface area (Å²) in [7, 11) is 0. The van der Waals surface area contributed by atoms with Gasteiger partial charge in [-0.05, 0) is 49.4 Å². The summed E-state index contributed by atoms with van der Waals surface area (Å²) in [5, 5.41) is 6.49. The number of carbonyl (C=O) groups is 4. The standard InChI is InChI=1S/C22H25N3O5S/c1-2-30-19(27)17-13-14-12-15(6-7-16(14)31-17)23-18(26)8-11-25-20(28)22(24-21(25)29)9-4-3-5-10-22/h6-7,12-13H,2-5,8-11H2,1H3,(H,23,26)(H,24,29). The fraction of sp³-hybridized carbons (Fsp3) is 0.455. The molecule has 2 N–H and O–H groups in total. The number of anilines is 1. The van der Waals surface area contributed by atoms with E-state index in [1.165, 1.54) is 16.2 Å². The minimum absolute atomic E-state index is 0.0188. The van der Waals surface area contributed by atoms with Crippen molar-refractivity contribution in [1.82, 2.24) is 10.2 Å². The molecule has 0 radical (unpaired) electrons. The van der Waals surface area contributed by atoms with E-state index in [1.54, 1.807) is 25.1 Å². The molecule has 1 spiro atoms. The van der Waals surface area contributed by atoms with Gasteiger partial charge in [-0.1, -0.05) is 19.3 Å². The van der Waals surface area contributed by atoms with Crippen molar-refractivity contribution in [2.24, 2.45) is 0 Å². The Bertz CT molecular complexity index is 1040. The van der Waals surface area contributed by atoms with Crippen LogP contribution in [0, 0.1) is 0 Å². The molecule has 9 heteroatoms. The molecule has 2 aromatic rings. The van der Waals surface area contributed by atoms with Gasteiger partial charge >= 0.3 is 12.0 Å². The van der Waals surface area contributed by atoms with E-state index in [0.29, 0.717) is 30.0 Å². The van der Waals surface area contributed by atoms with Crippen LogP contribution in [0.4, 0.5) is 10.5 Å². The molecule has 0 unspecified atom stereocenters. The molecule has 2 aliphatic rings. The highest BCUT2D eigenvalue weighted by molar-refractivity contribution is 7.20. The third kappa shape index (κ3) is 4.27. The van der Waals surface area contributed by atoms with Crippen molar-refractivity contribution in [1.29, 1.82) is 0 Å². The van der Waals surface area contributed by atoms with Gasteiger partial charge in [0.15, 0.2) is 0 Å². The van der Waals surface area contributed by atoms with E-state index in [9.17, 15) is 19.2 Å². The second-order valence-electron chi connectivity index (χ2n) is 7.91. The maximum atomic E-state index is 12.8. The second-order valence-corrected chi connectivity index (χ2v) is 9.00. The van der Waals surface area contributed by atoms with Gasteiger partial charge in [0.25, 0.3) is 5.91 Å². The van der Waals surface area contributed by atoms with Gasteiger partial charge in [0.05, 0.1) is 6.61 Å². The van der Waals surface area contributed by atoms with Crippen molar-refractivity contribution < 1.29 is 23.9 Å². The number of amides is 4. The maximum absolute atomic E-state index is 12.8. The van der Waals surface area contributed by atoms with Crippen LogP contribution >= 0.6 is 11.3 Å². The average molecular weight is 444 g/mol. The highest BCUT2D eigenvalue weighted by Gasteiger charge is 2.51. The number of hydrogen-bond acceptors (Lipinski definition) is 6. The lowest BCUT2D eigenvalue weighted by Crippen LogP contribution is -2.48. The van der Waals surface area contributed by atoms with Crippen LogP contribution in [-0.2, 0) is 14.3 Å². The van der Waals surface area contributed by atoms with Gasteiger partial charge < -0.3 is 15.4 Å². The molecule has 1 aromatic heterocycles. The smallest absolute Gasteiger partial charge is 0.348 e. The Kier molecular flexibility index (Phi) is 5.95. The Hall–Kier alpha value is -2.94. The number of fused-ring (bicyclic) bond motifs is 1. The first kappa shape index (κ1) is 21.3. The Balaban J connectivity index is 1.36. The molecule has 1 aliphatic heterocycles. The summed E-state index contributed by atoms with van der Waals surface area (Å²) >= 11 is 1.34. The fourth-order valence-electron chi connectivity index (χ4n) is 4.23. The Morgan fingerprint density at radius 2 is 1.97 bits per heavy atom. The number of imide groups is 1. The zero-order valence-electron chi connectivity index (χ0n) is 17.4. The van der Waals surface area contributed by atoms with E-state index in [1.807, 2.05) is 6.07 Å². The summed E-state index contributed by atoms with van der Waals surface area (Å²) in [6.45, 7) is 2.12. The molecule has 4 amide bonds. The molecular formula is C22H25N3O5S.